The van der Waals surface area contributed by atoms with Gasteiger partial charge in [-0.1, -0.05) is 20.3 Å². The SMILES string of the molecule is C[C@H](CC=O)[C@H]1CCC2[C@@H](O)CCC[C@@]21C. The van der Waals surface area contributed by atoms with Gasteiger partial charge in [-0.2, -0.15) is 0 Å². The second-order valence-electron chi connectivity index (χ2n) is 6.14. The van der Waals surface area contributed by atoms with Gasteiger partial charge < -0.3 is 9.90 Å². The third kappa shape index (κ3) is 1.81. The molecule has 1 N–H and O–H groups in total. The van der Waals surface area contributed by atoms with Crippen molar-refractivity contribution in [1.82, 2.24) is 0 Å². The highest BCUT2D eigenvalue weighted by atomic mass is 16.3. The monoisotopic (exact) mass is 224 g/mol. The van der Waals surface area contributed by atoms with Crippen molar-refractivity contribution in [2.75, 3.05) is 0 Å². The molecule has 0 heterocycles. The molecule has 16 heavy (non-hydrogen) atoms. The van der Waals surface area contributed by atoms with Crippen LogP contribution in [0.1, 0.15) is 52.4 Å². The molecular formula is C14H24O2. The Kier molecular flexibility index (Phi) is 3.39. The standard InChI is InChI=1S/C14H24O2/c1-10(7-9-15)11-5-6-12-13(16)4-3-8-14(11,12)2/h9-13,16H,3-8H2,1-2H3/t10-,11-,12?,13+,14-/m1/s1. The van der Waals surface area contributed by atoms with Crippen LogP contribution in [-0.4, -0.2) is 17.5 Å². The molecule has 2 aliphatic rings. The molecule has 0 radical (unpaired) electrons. The molecule has 0 aromatic heterocycles. The Morgan fingerprint density at radius 3 is 2.88 bits per heavy atom. The van der Waals surface area contributed by atoms with Crippen molar-refractivity contribution >= 4 is 6.29 Å². The van der Waals surface area contributed by atoms with Crippen LogP contribution in [0, 0.1) is 23.2 Å². The minimum atomic E-state index is -0.0906. The molecule has 2 aliphatic carbocycles. The first-order valence-corrected chi connectivity index (χ1v) is 6.71. The number of aldehydes is 1. The Morgan fingerprint density at radius 1 is 1.44 bits per heavy atom. The first-order valence-electron chi connectivity index (χ1n) is 6.71. The van der Waals surface area contributed by atoms with Crippen molar-refractivity contribution < 1.29 is 9.90 Å². The number of fused-ring (bicyclic) bond motifs is 1. The van der Waals surface area contributed by atoms with Gasteiger partial charge in [0.05, 0.1) is 6.10 Å². The molecular weight excluding hydrogens is 200 g/mol. The molecule has 2 saturated carbocycles. The Morgan fingerprint density at radius 2 is 2.19 bits per heavy atom. The van der Waals surface area contributed by atoms with Gasteiger partial charge in [0.1, 0.15) is 6.29 Å². The number of aliphatic hydroxyl groups excluding tert-OH is 1. The van der Waals surface area contributed by atoms with Gasteiger partial charge in [0, 0.05) is 6.42 Å². The van der Waals surface area contributed by atoms with E-state index in [0.29, 0.717) is 29.6 Å². The molecule has 2 rings (SSSR count). The van der Waals surface area contributed by atoms with Gasteiger partial charge in [0.25, 0.3) is 0 Å². The Bertz CT molecular complexity index is 263. The smallest absolute Gasteiger partial charge is 0.120 e. The lowest BCUT2D eigenvalue weighted by Crippen LogP contribution is -2.41. The number of carbonyl (C=O) groups is 1. The van der Waals surface area contributed by atoms with E-state index >= 15 is 0 Å². The second-order valence-corrected chi connectivity index (χ2v) is 6.14. The molecule has 0 amide bonds. The van der Waals surface area contributed by atoms with Crippen molar-refractivity contribution in [3.8, 4) is 0 Å². The van der Waals surface area contributed by atoms with Crippen LogP contribution in [0.5, 0.6) is 0 Å². The summed E-state index contributed by atoms with van der Waals surface area (Å²) in [6, 6.07) is 0. The van der Waals surface area contributed by atoms with Crippen LogP contribution in [0.3, 0.4) is 0 Å². The fourth-order valence-corrected chi connectivity index (χ4v) is 4.44. The normalized spacial score (nSPS) is 45.1. The van der Waals surface area contributed by atoms with Crippen LogP contribution < -0.4 is 0 Å². The lowest BCUT2D eigenvalue weighted by molar-refractivity contribution is -0.109. The van der Waals surface area contributed by atoms with Crippen LogP contribution in [-0.2, 0) is 4.79 Å². The van der Waals surface area contributed by atoms with E-state index in [1.807, 2.05) is 0 Å². The second kappa shape index (κ2) is 4.48. The predicted molar refractivity (Wildman–Crippen MR) is 64.0 cm³/mol. The van der Waals surface area contributed by atoms with Crippen LogP contribution in [0.4, 0.5) is 0 Å². The third-order valence-corrected chi connectivity index (χ3v) is 5.32. The summed E-state index contributed by atoms with van der Waals surface area (Å²) < 4.78 is 0. The van der Waals surface area contributed by atoms with Crippen molar-refractivity contribution in [3.63, 3.8) is 0 Å². The van der Waals surface area contributed by atoms with E-state index in [1.54, 1.807) is 0 Å². The van der Waals surface area contributed by atoms with Crippen LogP contribution in [0.15, 0.2) is 0 Å². The topological polar surface area (TPSA) is 37.3 Å². The van der Waals surface area contributed by atoms with E-state index in [1.165, 1.54) is 12.8 Å². The summed E-state index contributed by atoms with van der Waals surface area (Å²) in [5.74, 6) is 1.61. The van der Waals surface area contributed by atoms with Gasteiger partial charge in [0.2, 0.25) is 0 Å². The van der Waals surface area contributed by atoms with Gasteiger partial charge in [-0.3, -0.25) is 0 Å². The summed E-state index contributed by atoms with van der Waals surface area (Å²) in [4.78, 5) is 10.7. The molecule has 0 spiro atoms. The van der Waals surface area contributed by atoms with Crippen LogP contribution >= 0.6 is 0 Å². The highest BCUT2D eigenvalue weighted by molar-refractivity contribution is 5.49. The van der Waals surface area contributed by atoms with Crippen molar-refractivity contribution in [1.29, 1.82) is 0 Å². The third-order valence-electron chi connectivity index (χ3n) is 5.32. The van der Waals surface area contributed by atoms with Gasteiger partial charge >= 0.3 is 0 Å². The van der Waals surface area contributed by atoms with Gasteiger partial charge in [-0.05, 0) is 48.9 Å². The maximum atomic E-state index is 10.7. The maximum absolute atomic E-state index is 10.7. The van der Waals surface area contributed by atoms with Gasteiger partial charge in [-0.25, -0.2) is 0 Å². The summed E-state index contributed by atoms with van der Waals surface area (Å²) in [5.41, 5.74) is 0.292. The number of hydrogen-bond acceptors (Lipinski definition) is 2. The number of carbonyl (C=O) groups excluding carboxylic acids is 1. The number of rotatable bonds is 3. The Labute approximate surface area is 98.4 Å². The van der Waals surface area contributed by atoms with E-state index in [9.17, 15) is 9.90 Å². The average molecular weight is 224 g/mol. The molecule has 2 heteroatoms. The van der Waals surface area contributed by atoms with E-state index in [2.05, 4.69) is 13.8 Å². The minimum Gasteiger partial charge on any atom is -0.393 e. The Hall–Kier alpha value is -0.370. The molecule has 5 atom stereocenters. The van der Waals surface area contributed by atoms with E-state index in [4.69, 9.17) is 0 Å². The summed E-state index contributed by atoms with van der Waals surface area (Å²) in [7, 11) is 0. The van der Waals surface area contributed by atoms with Crippen LogP contribution in [0.2, 0.25) is 0 Å². The molecule has 0 aliphatic heterocycles. The minimum absolute atomic E-state index is 0.0906. The van der Waals surface area contributed by atoms with Gasteiger partial charge in [0.15, 0.2) is 0 Å². The summed E-state index contributed by atoms with van der Waals surface area (Å²) in [6.45, 7) is 4.55. The van der Waals surface area contributed by atoms with Crippen LogP contribution in [0.25, 0.3) is 0 Å². The fourth-order valence-electron chi connectivity index (χ4n) is 4.44. The number of aliphatic hydroxyl groups is 1. The zero-order valence-electron chi connectivity index (χ0n) is 10.5. The van der Waals surface area contributed by atoms with Gasteiger partial charge in [-0.15, -0.1) is 0 Å². The molecule has 0 saturated heterocycles. The summed E-state index contributed by atoms with van der Waals surface area (Å²) >= 11 is 0. The Balaban J connectivity index is 2.14. The zero-order chi connectivity index (χ0) is 11.8. The molecule has 92 valence electrons. The van der Waals surface area contributed by atoms with Crippen molar-refractivity contribution in [3.05, 3.63) is 0 Å². The van der Waals surface area contributed by atoms with E-state index in [0.717, 1.165) is 25.5 Å². The maximum Gasteiger partial charge on any atom is 0.120 e. The average Bonchev–Trinajstić information content (AvgIpc) is 2.57. The molecule has 0 bridgehead atoms. The fraction of sp³-hybridized carbons (Fsp3) is 0.929. The first-order chi connectivity index (χ1) is 7.59. The molecule has 2 nitrogen and oxygen atoms in total. The highest BCUT2D eigenvalue weighted by Crippen LogP contribution is 2.57. The zero-order valence-corrected chi connectivity index (χ0v) is 10.5. The largest absolute Gasteiger partial charge is 0.393 e. The lowest BCUT2D eigenvalue weighted by Gasteiger charge is -2.45. The predicted octanol–water partition coefficient (Wildman–Crippen LogP) is 2.79. The summed E-state index contributed by atoms with van der Waals surface area (Å²) in [6.07, 6.45) is 7.38. The lowest BCUT2D eigenvalue weighted by atomic mass is 9.61. The molecule has 0 aromatic carbocycles. The van der Waals surface area contributed by atoms with E-state index < -0.39 is 0 Å². The molecule has 2 fully saturated rings. The van der Waals surface area contributed by atoms with Crippen molar-refractivity contribution in [2.24, 2.45) is 23.2 Å². The van der Waals surface area contributed by atoms with E-state index in [-0.39, 0.29) is 6.10 Å². The molecule has 1 unspecified atom stereocenters. The van der Waals surface area contributed by atoms with Crippen molar-refractivity contribution in [2.45, 2.75) is 58.5 Å². The quantitative estimate of drug-likeness (QED) is 0.748. The molecule has 0 aromatic rings. The highest BCUT2D eigenvalue weighted by Gasteiger charge is 2.51. The summed E-state index contributed by atoms with van der Waals surface area (Å²) in [5, 5.41) is 10.1. The number of hydrogen-bond donors (Lipinski definition) is 1. The first kappa shape index (κ1) is 12.1.